The number of hydrogen-bond donors (Lipinski definition) is 1. The van der Waals surface area contributed by atoms with Crippen LogP contribution in [0.5, 0.6) is 0 Å². The van der Waals surface area contributed by atoms with Gasteiger partial charge in [0.15, 0.2) is 0 Å². The topological polar surface area (TPSA) is 32.5 Å². The molecule has 3 atom stereocenters. The summed E-state index contributed by atoms with van der Waals surface area (Å²) in [5, 5.41) is 0. The average Bonchev–Trinajstić information content (AvgIpc) is 3.19. The standard InChI is InChI=1S/C14H27N3/c1-10-7-13(9-17(10)12-5-6-12)16(2)14(8-15)11-3-4-11/h10-14H,3-9,15H2,1-2H3. The summed E-state index contributed by atoms with van der Waals surface area (Å²) in [6.07, 6.45) is 7.02. The molecular formula is C14H27N3. The lowest BCUT2D eigenvalue weighted by atomic mass is 10.1. The number of likely N-dealkylation sites (tertiary alicyclic amines) is 1. The molecule has 2 saturated carbocycles. The molecule has 3 heteroatoms. The van der Waals surface area contributed by atoms with E-state index in [0.29, 0.717) is 6.04 Å². The van der Waals surface area contributed by atoms with Crippen LogP contribution < -0.4 is 5.73 Å². The maximum absolute atomic E-state index is 5.97. The van der Waals surface area contributed by atoms with Crippen molar-refractivity contribution in [2.24, 2.45) is 11.7 Å². The number of nitrogens with zero attached hydrogens (tertiary/aromatic N) is 2. The largest absolute Gasteiger partial charge is 0.329 e. The highest BCUT2D eigenvalue weighted by Crippen LogP contribution is 2.38. The normalized spacial score (nSPS) is 36.7. The Balaban J connectivity index is 1.60. The monoisotopic (exact) mass is 237 g/mol. The Morgan fingerprint density at radius 3 is 2.53 bits per heavy atom. The summed E-state index contributed by atoms with van der Waals surface area (Å²) in [5.74, 6) is 0.898. The molecule has 3 fully saturated rings. The van der Waals surface area contributed by atoms with Crippen LogP contribution in [0.25, 0.3) is 0 Å². The molecule has 0 bridgehead atoms. The van der Waals surface area contributed by atoms with Crippen molar-refractivity contribution in [3.05, 3.63) is 0 Å². The first-order valence-electron chi connectivity index (χ1n) is 7.38. The lowest BCUT2D eigenvalue weighted by Crippen LogP contribution is -2.46. The Morgan fingerprint density at radius 2 is 2.00 bits per heavy atom. The highest BCUT2D eigenvalue weighted by Gasteiger charge is 2.43. The Labute approximate surface area is 105 Å². The first kappa shape index (κ1) is 11.9. The summed E-state index contributed by atoms with van der Waals surface area (Å²) in [6, 6.07) is 3.10. The molecule has 98 valence electrons. The highest BCUT2D eigenvalue weighted by molar-refractivity contribution is 4.99. The smallest absolute Gasteiger partial charge is 0.0247 e. The molecule has 1 aliphatic heterocycles. The second-order valence-electron chi connectivity index (χ2n) is 6.47. The van der Waals surface area contributed by atoms with E-state index in [1.165, 1.54) is 38.6 Å². The minimum Gasteiger partial charge on any atom is -0.329 e. The Kier molecular flexibility index (Phi) is 3.18. The van der Waals surface area contributed by atoms with Crippen LogP contribution in [0.1, 0.15) is 39.0 Å². The van der Waals surface area contributed by atoms with Crippen LogP contribution in [0, 0.1) is 5.92 Å². The molecule has 0 aromatic heterocycles. The Bertz CT molecular complexity index is 273. The van der Waals surface area contributed by atoms with Crippen LogP contribution in [0.4, 0.5) is 0 Å². The van der Waals surface area contributed by atoms with Gasteiger partial charge in [-0.3, -0.25) is 9.80 Å². The number of likely N-dealkylation sites (N-methyl/N-ethyl adjacent to an activating group) is 1. The van der Waals surface area contributed by atoms with Gasteiger partial charge in [-0.2, -0.15) is 0 Å². The van der Waals surface area contributed by atoms with E-state index < -0.39 is 0 Å². The van der Waals surface area contributed by atoms with Crippen LogP contribution in [0.3, 0.4) is 0 Å². The maximum Gasteiger partial charge on any atom is 0.0247 e. The number of nitrogens with two attached hydrogens (primary N) is 1. The second-order valence-corrected chi connectivity index (χ2v) is 6.47. The predicted molar refractivity (Wildman–Crippen MR) is 70.9 cm³/mol. The lowest BCUT2D eigenvalue weighted by molar-refractivity contribution is 0.156. The summed E-state index contributed by atoms with van der Waals surface area (Å²) < 4.78 is 0. The molecule has 3 aliphatic rings. The van der Waals surface area contributed by atoms with E-state index in [-0.39, 0.29) is 0 Å². The summed E-state index contributed by atoms with van der Waals surface area (Å²) in [4.78, 5) is 5.35. The third kappa shape index (κ3) is 2.38. The molecule has 2 N–H and O–H groups in total. The molecule has 1 saturated heterocycles. The zero-order valence-electron chi connectivity index (χ0n) is 11.3. The quantitative estimate of drug-likeness (QED) is 0.782. The van der Waals surface area contributed by atoms with E-state index in [1.807, 2.05) is 0 Å². The minimum atomic E-state index is 0.645. The van der Waals surface area contributed by atoms with E-state index in [0.717, 1.165) is 30.6 Å². The van der Waals surface area contributed by atoms with E-state index in [2.05, 4.69) is 23.8 Å². The van der Waals surface area contributed by atoms with Gasteiger partial charge in [0.2, 0.25) is 0 Å². The molecule has 17 heavy (non-hydrogen) atoms. The molecular weight excluding hydrogens is 210 g/mol. The molecule has 0 aromatic rings. The minimum absolute atomic E-state index is 0.645. The van der Waals surface area contributed by atoms with Gasteiger partial charge in [0, 0.05) is 37.3 Å². The fourth-order valence-corrected chi connectivity index (χ4v) is 3.68. The summed E-state index contributed by atoms with van der Waals surface area (Å²) >= 11 is 0. The Hall–Kier alpha value is -0.120. The van der Waals surface area contributed by atoms with Crippen molar-refractivity contribution >= 4 is 0 Å². The fourth-order valence-electron chi connectivity index (χ4n) is 3.68. The van der Waals surface area contributed by atoms with Gasteiger partial charge < -0.3 is 5.73 Å². The molecule has 3 unspecified atom stereocenters. The first-order valence-corrected chi connectivity index (χ1v) is 7.38. The van der Waals surface area contributed by atoms with Gasteiger partial charge in [-0.1, -0.05) is 0 Å². The summed E-state index contributed by atoms with van der Waals surface area (Å²) in [6.45, 7) is 4.53. The van der Waals surface area contributed by atoms with Crippen molar-refractivity contribution in [1.29, 1.82) is 0 Å². The zero-order valence-corrected chi connectivity index (χ0v) is 11.3. The van der Waals surface area contributed by atoms with Gasteiger partial charge in [-0.05, 0) is 52.0 Å². The van der Waals surface area contributed by atoms with Crippen molar-refractivity contribution in [3.63, 3.8) is 0 Å². The lowest BCUT2D eigenvalue weighted by Gasteiger charge is -2.32. The zero-order chi connectivity index (χ0) is 12.0. The van der Waals surface area contributed by atoms with E-state index in [4.69, 9.17) is 5.73 Å². The first-order chi connectivity index (χ1) is 8.20. The van der Waals surface area contributed by atoms with Crippen LogP contribution in [-0.2, 0) is 0 Å². The van der Waals surface area contributed by atoms with Gasteiger partial charge in [0.1, 0.15) is 0 Å². The molecule has 0 aromatic carbocycles. The number of hydrogen-bond acceptors (Lipinski definition) is 3. The van der Waals surface area contributed by atoms with Crippen molar-refractivity contribution in [1.82, 2.24) is 9.80 Å². The van der Waals surface area contributed by atoms with Crippen molar-refractivity contribution < 1.29 is 0 Å². The van der Waals surface area contributed by atoms with Gasteiger partial charge in [0.05, 0.1) is 0 Å². The van der Waals surface area contributed by atoms with Crippen LogP contribution >= 0.6 is 0 Å². The fraction of sp³-hybridized carbons (Fsp3) is 1.00. The van der Waals surface area contributed by atoms with Gasteiger partial charge in [-0.15, -0.1) is 0 Å². The van der Waals surface area contributed by atoms with Gasteiger partial charge >= 0.3 is 0 Å². The molecule has 3 nitrogen and oxygen atoms in total. The Morgan fingerprint density at radius 1 is 1.29 bits per heavy atom. The summed E-state index contributed by atoms with van der Waals surface area (Å²) in [7, 11) is 2.31. The highest BCUT2D eigenvalue weighted by atomic mass is 15.3. The molecule has 0 spiro atoms. The van der Waals surface area contributed by atoms with Gasteiger partial charge in [0.25, 0.3) is 0 Å². The molecule has 0 amide bonds. The van der Waals surface area contributed by atoms with Gasteiger partial charge in [-0.25, -0.2) is 0 Å². The molecule has 0 radical (unpaired) electrons. The second kappa shape index (κ2) is 4.52. The van der Waals surface area contributed by atoms with Crippen molar-refractivity contribution in [2.45, 2.75) is 63.2 Å². The third-order valence-electron chi connectivity index (χ3n) is 5.12. The van der Waals surface area contributed by atoms with E-state index in [9.17, 15) is 0 Å². The van der Waals surface area contributed by atoms with Crippen LogP contribution in [0.15, 0.2) is 0 Å². The number of rotatable bonds is 5. The van der Waals surface area contributed by atoms with E-state index in [1.54, 1.807) is 0 Å². The average molecular weight is 237 g/mol. The molecule has 2 aliphatic carbocycles. The van der Waals surface area contributed by atoms with E-state index >= 15 is 0 Å². The molecule has 3 rings (SSSR count). The van der Waals surface area contributed by atoms with Crippen LogP contribution in [-0.4, -0.2) is 54.1 Å². The van der Waals surface area contributed by atoms with Crippen molar-refractivity contribution in [2.75, 3.05) is 20.1 Å². The maximum atomic E-state index is 5.97. The van der Waals surface area contributed by atoms with Crippen molar-refractivity contribution in [3.8, 4) is 0 Å². The predicted octanol–water partition coefficient (Wildman–Crippen LogP) is 1.28. The summed E-state index contributed by atoms with van der Waals surface area (Å²) in [5.41, 5.74) is 5.97. The van der Waals surface area contributed by atoms with Crippen LogP contribution in [0.2, 0.25) is 0 Å². The molecule has 1 heterocycles. The third-order valence-corrected chi connectivity index (χ3v) is 5.12. The SMILES string of the molecule is CC1CC(N(C)C(CN)C2CC2)CN1C1CC1.